The number of pyridine rings is 1. The predicted molar refractivity (Wildman–Crippen MR) is 69.5 cm³/mol. The average Bonchev–Trinajstić information content (AvgIpc) is 2.71. The fourth-order valence-corrected chi connectivity index (χ4v) is 2.65. The Hall–Kier alpha value is -0.350. The van der Waals surface area contributed by atoms with Crippen molar-refractivity contribution in [2.45, 2.75) is 13.0 Å². The summed E-state index contributed by atoms with van der Waals surface area (Å²) in [7, 11) is 1.75. The Morgan fingerprint density at radius 1 is 1.53 bits per heavy atom. The van der Waals surface area contributed by atoms with Crippen molar-refractivity contribution in [2.24, 2.45) is 5.92 Å². The SMILES string of the molecule is COCC1CCN(Cc2cnc(Cl)cc2Cl)C1. The second kappa shape index (κ2) is 6.01. The van der Waals surface area contributed by atoms with Gasteiger partial charge < -0.3 is 4.74 Å². The summed E-state index contributed by atoms with van der Waals surface area (Å²) in [6.07, 6.45) is 2.95. The minimum absolute atomic E-state index is 0.442. The lowest BCUT2D eigenvalue weighted by Gasteiger charge is -2.16. The number of ether oxygens (including phenoxy) is 1. The van der Waals surface area contributed by atoms with E-state index in [1.54, 1.807) is 19.4 Å². The highest BCUT2D eigenvalue weighted by Gasteiger charge is 2.22. The highest BCUT2D eigenvalue weighted by atomic mass is 35.5. The van der Waals surface area contributed by atoms with E-state index in [1.807, 2.05) is 0 Å². The van der Waals surface area contributed by atoms with Gasteiger partial charge in [-0.3, -0.25) is 4.90 Å². The molecule has 0 N–H and O–H groups in total. The van der Waals surface area contributed by atoms with E-state index in [2.05, 4.69) is 9.88 Å². The number of hydrogen-bond acceptors (Lipinski definition) is 3. The fraction of sp³-hybridized carbons (Fsp3) is 0.583. The first kappa shape index (κ1) is 13.1. The number of aromatic nitrogens is 1. The van der Waals surface area contributed by atoms with Gasteiger partial charge in [0.05, 0.1) is 6.61 Å². The van der Waals surface area contributed by atoms with Crippen LogP contribution in [0.25, 0.3) is 0 Å². The topological polar surface area (TPSA) is 25.4 Å². The van der Waals surface area contributed by atoms with Gasteiger partial charge in [0.2, 0.25) is 0 Å². The number of rotatable bonds is 4. The van der Waals surface area contributed by atoms with Gasteiger partial charge in [-0.25, -0.2) is 4.98 Å². The van der Waals surface area contributed by atoms with Crippen molar-refractivity contribution in [1.82, 2.24) is 9.88 Å². The first-order valence-electron chi connectivity index (χ1n) is 5.70. The molecule has 0 amide bonds. The molecular formula is C12H16Cl2N2O. The van der Waals surface area contributed by atoms with Crippen LogP contribution < -0.4 is 0 Å². The van der Waals surface area contributed by atoms with Crippen LogP contribution in [-0.2, 0) is 11.3 Å². The smallest absolute Gasteiger partial charge is 0.130 e. The summed E-state index contributed by atoms with van der Waals surface area (Å²) in [5, 5.41) is 1.14. The molecule has 0 aromatic carbocycles. The van der Waals surface area contributed by atoms with Gasteiger partial charge >= 0.3 is 0 Å². The molecule has 1 atom stereocenters. The van der Waals surface area contributed by atoms with E-state index in [4.69, 9.17) is 27.9 Å². The summed E-state index contributed by atoms with van der Waals surface area (Å²) in [5.41, 5.74) is 1.04. The Labute approximate surface area is 112 Å². The molecule has 1 aromatic heterocycles. The summed E-state index contributed by atoms with van der Waals surface area (Å²) >= 11 is 11.9. The van der Waals surface area contributed by atoms with Crippen LogP contribution in [0.3, 0.4) is 0 Å². The number of nitrogens with zero attached hydrogens (tertiary/aromatic N) is 2. The number of hydrogen-bond donors (Lipinski definition) is 0. The maximum atomic E-state index is 6.13. The van der Waals surface area contributed by atoms with E-state index in [9.17, 15) is 0 Å². The zero-order chi connectivity index (χ0) is 12.3. The second-order valence-corrected chi connectivity index (χ2v) is 5.24. The van der Waals surface area contributed by atoms with Gasteiger partial charge in [-0.15, -0.1) is 0 Å². The van der Waals surface area contributed by atoms with Crippen molar-refractivity contribution in [3.05, 3.63) is 28.0 Å². The molecule has 1 aliphatic heterocycles. The van der Waals surface area contributed by atoms with Crippen molar-refractivity contribution in [3.8, 4) is 0 Å². The zero-order valence-corrected chi connectivity index (χ0v) is 11.3. The molecule has 2 heterocycles. The van der Waals surface area contributed by atoms with E-state index in [-0.39, 0.29) is 0 Å². The maximum absolute atomic E-state index is 6.13. The van der Waals surface area contributed by atoms with E-state index >= 15 is 0 Å². The number of likely N-dealkylation sites (tertiary alicyclic amines) is 1. The molecule has 94 valence electrons. The standard InChI is InChI=1S/C12H16Cl2N2O/c1-17-8-9-2-3-16(6-9)7-10-5-15-12(14)4-11(10)13/h4-5,9H,2-3,6-8H2,1H3. The zero-order valence-electron chi connectivity index (χ0n) is 9.83. The third-order valence-electron chi connectivity index (χ3n) is 3.06. The first-order valence-corrected chi connectivity index (χ1v) is 6.46. The van der Waals surface area contributed by atoms with Crippen LogP contribution in [0, 0.1) is 5.92 Å². The van der Waals surface area contributed by atoms with Crippen LogP contribution in [0.15, 0.2) is 12.3 Å². The lowest BCUT2D eigenvalue weighted by atomic mass is 10.1. The van der Waals surface area contributed by atoms with Crippen LogP contribution in [0.5, 0.6) is 0 Å². The minimum atomic E-state index is 0.442. The highest BCUT2D eigenvalue weighted by molar-refractivity contribution is 6.34. The molecule has 5 heteroatoms. The summed E-state index contributed by atoms with van der Waals surface area (Å²) in [5.74, 6) is 0.638. The Kier molecular flexibility index (Phi) is 4.62. The van der Waals surface area contributed by atoms with Gasteiger partial charge in [0.1, 0.15) is 5.15 Å². The third-order valence-corrected chi connectivity index (χ3v) is 3.62. The summed E-state index contributed by atoms with van der Waals surface area (Å²) in [6.45, 7) is 3.83. The highest BCUT2D eigenvalue weighted by Crippen LogP contribution is 2.23. The number of halogens is 2. The average molecular weight is 275 g/mol. The van der Waals surface area contributed by atoms with Gasteiger partial charge in [-0.05, 0) is 24.9 Å². The Balaban J connectivity index is 1.93. The van der Waals surface area contributed by atoms with Crippen LogP contribution >= 0.6 is 23.2 Å². The second-order valence-electron chi connectivity index (χ2n) is 4.44. The molecule has 1 aromatic rings. The molecule has 17 heavy (non-hydrogen) atoms. The maximum Gasteiger partial charge on any atom is 0.130 e. The van der Waals surface area contributed by atoms with Crippen molar-refractivity contribution in [3.63, 3.8) is 0 Å². The van der Waals surface area contributed by atoms with Gasteiger partial charge in [0.15, 0.2) is 0 Å². The largest absolute Gasteiger partial charge is 0.384 e. The van der Waals surface area contributed by atoms with E-state index in [0.717, 1.165) is 31.8 Å². The lowest BCUT2D eigenvalue weighted by molar-refractivity contribution is 0.152. The molecule has 3 nitrogen and oxygen atoms in total. The molecule has 0 saturated carbocycles. The lowest BCUT2D eigenvalue weighted by Crippen LogP contribution is -2.21. The molecular weight excluding hydrogens is 259 g/mol. The van der Waals surface area contributed by atoms with Crippen LogP contribution in [0.1, 0.15) is 12.0 Å². The van der Waals surface area contributed by atoms with Gasteiger partial charge in [-0.1, -0.05) is 23.2 Å². The molecule has 1 unspecified atom stereocenters. The van der Waals surface area contributed by atoms with Crippen molar-refractivity contribution < 1.29 is 4.74 Å². The molecule has 0 spiro atoms. The van der Waals surface area contributed by atoms with Gasteiger partial charge in [0, 0.05) is 37.0 Å². The third kappa shape index (κ3) is 3.55. The van der Waals surface area contributed by atoms with E-state index in [0.29, 0.717) is 16.1 Å². The monoisotopic (exact) mass is 274 g/mol. The van der Waals surface area contributed by atoms with Crippen molar-refractivity contribution >= 4 is 23.2 Å². The van der Waals surface area contributed by atoms with E-state index in [1.165, 1.54) is 6.42 Å². The van der Waals surface area contributed by atoms with Crippen molar-refractivity contribution in [1.29, 1.82) is 0 Å². The minimum Gasteiger partial charge on any atom is -0.384 e. The molecule has 1 saturated heterocycles. The summed E-state index contributed by atoms with van der Waals surface area (Å²) in [6, 6.07) is 1.70. The van der Waals surface area contributed by atoms with Crippen molar-refractivity contribution in [2.75, 3.05) is 26.8 Å². The molecule has 1 fully saturated rings. The molecule has 0 aliphatic carbocycles. The quantitative estimate of drug-likeness (QED) is 0.790. The van der Waals surface area contributed by atoms with E-state index < -0.39 is 0 Å². The first-order chi connectivity index (χ1) is 8.19. The fourth-order valence-electron chi connectivity index (χ4n) is 2.22. The Morgan fingerprint density at radius 2 is 2.35 bits per heavy atom. The Bertz CT molecular complexity index is 387. The molecule has 0 bridgehead atoms. The number of methoxy groups -OCH3 is 1. The van der Waals surface area contributed by atoms with Gasteiger partial charge in [-0.2, -0.15) is 0 Å². The van der Waals surface area contributed by atoms with Gasteiger partial charge in [0.25, 0.3) is 0 Å². The normalized spacial score (nSPS) is 21.0. The Morgan fingerprint density at radius 3 is 3.06 bits per heavy atom. The molecule has 0 radical (unpaired) electrons. The van der Waals surface area contributed by atoms with Crippen LogP contribution in [-0.4, -0.2) is 36.7 Å². The molecule has 2 rings (SSSR count). The van der Waals surface area contributed by atoms with Crippen LogP contribution in [0.4, 0.5) is 0 Å². The summed E-state index contributed by atoms with van der Waals surface area (Å²) in [4.78, 5) is 6.44. The molecule has 1 aliphatic rings. The van der Waals surface area contributed by atoms with Crippen LogP contribution in [0.2, 0.25) is 10.2 Å². The summed E-state index contributed by atoms with van der Waals surface area (Å²) < 4.78 is 5.18. The predicted octanol–water partition coefficient (Wildman–Crippen LogP) is 2.86.